The molecule has 0 saturated heterocycles. The van der Waals surface area contributed by atoms with Gasteiger partial charge in [0.1, 0.15) is 5.70 Å². The second-order valence-electron chi connectivity index (χ2n) is 8.99. The van der Waals surface area contributed by atoms with E-state index in [0.29, 0.717) is 11.3 Å². The molecule has 8 nitrogen and oxygen atoms in total. The van der Waals surface area contributed by atoms with Crippen molar-refractivity contribution < 1.29 is 27.5 Å². The summed E-state index contributed by atoms with van der Waals surface area (Å²) >= 11 is 1.29. The zero-order valence-electron chi connectivity index (χ0n) is 21.2. The van der Waals surface area contributed by atoms with E-state index in [9.17, 15) is 18.0 Å². The highest BCUT2D eigenvalue weighted by atomic mass is 32.2. The molecule has 0 fully saturated rings. The van der Waals surface area contributed by atoms with Crippen LogP contribution in [0.3, 0.4) is 0 Å². The molecule has 5 rings (SSSR count). The maximum absolute atomic E-state index is 14.4. The summed E-state index contributed by atoms with van der Waals surface area (Å²) in [5.41, 5.74) is 1.89. The molecule has 10 heteroatoms. The van der Waals surface area contributed by atoms with Crippen LogP contribution in [0, 0.1) is 13.8 Å². The van der Waals surface area contributed by atoms with Gasteiger partial charge in [-0.05, 0) is 43.7 Å². The smallest absolute Gasteiger partial charge is 0.355 e. The molecule has 0 N–H and O–H groups in total. The summed E-state index contributed by atoms with van der Waals surface area (Å²) in [6.07, 6.45) is 0. The Labute approximate surface area is 225 Å². The monoisotopic (exact) mass is 550 g/mol. The van der Waals surface area contributed by atoms with E-state index in [1.165, 1.54) is 30.3 Å². The summed E-state index contributed by atoms with van der Waals surface area (Å²) in [6, 6.07) is 19.8. The topological polar surface area (TPSA) is 93.2 Å². The molecular formula is C28H26N2O6S2. The summed E-state index contributed by atoms with van der Waals surface area (Å²) in [5, 5.41) is 0. The van der Waals surface area contributed by atoms with Crippen LogP contribution in [0.2, 0.25) is 0 Å². The number of esters is 2. The van der Waals surface area contributed by atoms with Crippen LogP contribution in [-0.2, 0) is 29.1 Å². The van der Waals surface area contributed by atoms with Gasteiger partial charge in [-0.2, -0.15) is 4.31 Å². The van der Waals surface area contributed by atoms with Gasteiger partial charge in [0.05, 0.1) is 36.4 Å². The maximum atomic E-state index is 14.4. The van der Waals surface area contributed by atoms with E-state index in [1.807, 2.05) is 38.1 Å². The van der Waals surface area contributed by atoms with Crippen molar-refractivity contribution in [1.82, 2.24) is 4.31 Å². The average Bonchev–Trinajstić information content (AvgIpc) is 3.30. The second-order valence-corrected chi connectivity index (χ2v) is 11.9. The molecule has 38 heavy (non-hydrogen) atoms. The molecule has 0 radical (unpaired) electrons. The molecule has 0 aromatic heterocycles. The molecule has 0 bridgehead atoms. The number of rotatable bonds is 5. The molecule has 2 aliphatic heterocycles. The number of hydrogen-bond acceptors (Lipinski definition) is 8. The quantitative estimate of drug-likeness (QED) is 0.428. The number of carbonyl (C=O) groups excluding carboxylic acids is 2. The number of para-hydroxylation sites is 1. The van der Waals surface area contributed by atoms with E-state index in [-0.39, 0.29) is 16.2 Å². The number of methoxy groups -OCH3 is 2. The molecule has 2 heterocycles. The molecule has 3 aromatic carbocycles. The van der Waals surface area contributed by atoms with Crippen molar-refractivity contribution in [3.8, 4) is 0 Å². The Hall–Kier alpha value is -3.60. The highest BCUT2D eigenvalue weighted by Crippen LogP contribution is 2.55. The van der Waals surface area contributed by atoms with Gasteiger partial charge in [-0.3, -0.25) is 0 Å². The zero-order chi connectivity index (χ0) is 27.2. The normalized spacial score (nSPS) is 19.1. The van der Waals surface area contributed by atoms with Crippen molar-refractivity contribution in [3.63, 3.8) is 0 Å². The molecule has 2 aliphatic rings. The number of fused-ring (bicyclic) bond motifs is 3. The van der Waals surface area contributed by atoms with E-state index in [0.717, 1.165) is 16.0 Å². The van der Waals surface area contributed by atoms with Gasteiger partial charge in [-0.1, -0.05) is 71.4 Å². The van der Waals surface area contributed by atoms with E-state index >= 15 is 0 Å². The van der Waals surface area contributed by atoms with Gasteiger partial charge < -0.3 is 14.4 Å². The lowest BCUT2D eigenvalue weighted by Gasteiger charge is -2.45. The Morgan fingerprint density at radius 2 is 1.39 bits per heavy atom. The molecule has 3 aromatic rings. The Morgan fingerprint density at radius 1 is 0.816 bits per heavy atom. The lowest BCUT2D eigenvalue weighted by molar-refractivity contribution is -0.140. The standard InChI is InChI=1S/C28H26N2O6S2/c1-17-9-13-19(14-10-17)24-23(26(31)35-3)25(27(32)36-4)29-21-7-5-6-8-22(21)37-28(29)30(24)38(33,34)20-15-11-18(2)12-16-20/h5-16,24,28H,1-4H3/t24-,28-/m1/s1. The minimum absolute atomic E-state index is 0.0530. The van der Waals surface area contributed by atoms with Gasteiger partial charge in [0.15, 0.2) is 5.50 Å². The number of ether oxygens (including phenoxy) is 2. The summed E-state index contributed by atoms with van der Waals surface area (Å²) in [5.74, 6) is -1.59. The summed E-state index contributed by atoms with van der Waals surface area (Å²) < 4.78 is 40.5. The Balaban J connectivity index is 1.87. The van der Waals surface area contributed by atoms with Crippen molar-refractivity contribution in [2.24, 2.45) is 0 Å². The van der Waals surface area contributed by atoms with Gasteiger partial charge in [-0.25, -0.2) is 18.0 Å². The molecular weight excluding hydrogens is 524 g/mol. The average molecular weight is 551 g/mol. The van der Waals surface area contributed by atoms with E-state index in [2.05, 4.69) is 0 Å². The van der Waals surface area contributed by atoms with Gasteiger partial charge in [0.25, 0.3) is 0 Å². The fourth-order valence-corrected chi connectivity index (χ4v) is 7.98. The fraction of sp³-hybridized carbons (Fsp3) is 0.214. The van der Waals surface area contributed by atoms with Crippen molar-refractivity contribution in [2.45, 2.75) is 35.2 Å². The Kier molecular flexibility index (Phi) is 6.81. The minimum Gasteiger partial charge on any atom is -0.466 e. The van der Waals surface area contributed by atoms with Crippen LogP contribution in [0.5, 0.6) is 0 Å². The molecule has 0 unspecified atom stereocenters. The number of hydrogen-bond donors (Lipinski definition) is 0. The maximum Gasteiger partial charge on any atom is 0.355 e. The molecule has 0 spiro atoms. The number of benzene rings is 3. The van der Waals surface area contributed by atoms with Crippen LogP contribution < -0.4 is 4.90 Å². The molecule has 0 saturated carbocycles. The van der Waals surface area contributed by atoms with Gasteiger partial charge in [0.2, 0.25) is 10.0 Å². The third-order valence-electron chi connectivity index (χ3n) is 6.59. The minimum atomic E-state index is -4.21. The molecule has 2 atom stereocenters. The number of anilines is 1. The number of aryl methyl sites for hydroxylation is 2. The first-order chi connectivity index (χ1) is 18.2. The first kappa shape index (κ1) is 26.0. The summed E-state index contributed by atoms with van der Waals surface area (Å²) in [6.45, 7) is 3.78. The Bertz CT molecular complexity index is 1550. The van der Waals surface area contributed by atoms with Crippen LogP contribution in [0.1, 0.15) is 22.7 Å². The number of nitrogens with zero attached hydrogens (tertiary/aromatic N) is 2. The second kappa shape index (κ2) is 9.94. The number of carbonyl (C=O) groups is 2. The molecule has 0 amide bonds. The molecule has 196 valence electrons. The first-order valence-corrected chi connectivity index (χ1v) is 14.1. The van der Waals surface area contributed by atoms with Crippen molar-refractivity contribution in [2.75, 3.05) is 19.1 Å². The lowest BCUT2D eigenvalue weighted by atomic mass is 9.93. The predicted octanol–water partition coefficient (Wildman–Crippen LogP) is 4.55. The van der Waals surface area contributed by atoms with Crippen LogP contribution in [0.25, 0.3) is 0 Å². The van der Waals surface area contributed by atoms with Crippen LogP contribution in [-0.4, -0.2) is 44.4 Å². The van der Waals surface area contributed by atoms with Crippen molar-refractivity contribution >= 4 is 39.4 Å². The van der Waals surface area contributed by atoms with E-state index in [1.54, 1.807) is 53.4 Å². The number of sulfonamides is 1. The SMILES string of the molecule is COC(=O)C1=C(C(=O)OC)N2c3ccccc3S[C@H]2N(S(=O)(=O)c2ccc(C)cc2)[C@@H]1c1ccc(C)cc1. The predicted molar refractivity (Wildman–Crippen MR) is 144 cm³/mol. The van der Waals surface area contributed by atoms with E-state index in [4.69, 9.17) is 9.47 Å². The zero-order valence-corrected chi connectivity index (χ0v) is 22.9. The fourth-order valence-electron chi connectivity index (χ4n) is 4.73. The van der Waals surface area contributed by atoms with Gasteiger partial charge in [-0.15, -0.1) is 0 Å². The highest BCUT2D eigenvalue weighted by molar-refractivity contribution is 8.01. The number of thioether (sulfide) groups is 1. The van der Waals surface area contributed by atoms with Gasteiger partial charge in [0, 0.05) is 4.90 Å². The summed E-state index contributed by atoms with van der Waals surface area (Å²) in [4.78, 5) is 29.2. The lowest BCUT2D eigenvalue weighted by Crippen LogP contribution is -2.55. The van der Waals surface area contributed by atoms with Crippen LogP contribution in [0.4, 0.5) is 5.69 Å². The third-order valence-corrected chi connectivity index (χ3v) is 9.81. The molecule has 0 aliphatic carbocycles. The summed E-state index contributed by atoms with van der Waals surface area (Å²) in [7, 11) is -1.78. The van der Waals surface area contributed by atoms with Crippen LogP contribution in [0.15, 0.2) is 93.9 Å². The van der Waals surface area contributed by atoms with Crippen LogP contribution >= 0.6 is 11.8 Å². The Morgan fingerprint density at radius 3 is 2.00 bits per heavy atom. The third kappa shape index (κ3) is 4.18. The van der Waals surface area contributed by atoms with Crippen molar-refractivity contribution in [3.05, 3.63) is 101 Å². The highest BCUT2D eigenvalue weighted by Gasteiger charge is 2.55. The largest absolute Gasteiger partial charge is 0.466 e. The van der Waals surface area contributed by atoms with Gasteiger partial charge >= 0.3 is 11.9 Å². The first-order valence-electron chi connectivity index (χ1n) is 11.8. The van der Waals surface area contributed by atoms with E-state index < -0.39 is 33.5 Å². The van der Waals surface area contributed by atoms with Crippen molar-refractivity contribution in [1.29, 1.82) is 0 Å².